The lowest BCUT2D eigenvalue weighted by Crippen LogP contribution is -2.20. The average Bonchev–Trinajstić information content (AvgIpc) is 3.56. The molecule has 7 heteroatoms. The van der Waals surface area contributed by atoms with Crippen LogP contribution in [0.15, 0.2) is 95.9 Å². The van der Waals surface area contributed by atoms with Crippen molar-refractivity contribution in [1.29, 1.82) is 0 Å². The summed E-state index contributed by atoms with van der Waals surface area (Å²) in [5.74, 6) is -0.268. The highest BCUT2D eigenvalue weighted by molar-refractivity contribution is 7.13. The van der Waals surface area contributed by atoms with E-state index in [4.69, 9.17) is 4.98 Å². The number of nitrogens with zero attached hydrogens (tertiary/aromatic N) is 4. The summed E-state index contributed by atoms with van der Waals surface area (Å²) in [6.45, 7) is 1.87. The molecule has 0 saturated heterocycles. The molecule has 3 heterocycles. The van der Waals surface area contributed by atoms with Crippen LogP contribution in [0, 0.1) is 0 Å². The Hall–Kier alpha value is -4.10. The number of carbonyl (C=O) groups excluding carboxylic acids is 1. The molecule has 0 radical (unpaired) electrons. The SMILES string of the molecule is CC(=NNC(=O)c1cc(-c2cccs2)nc2ccccc12)c1ccc(-n2ccnc2)cc1. The molecule has 0 fully saturated rings. The minimum atomic E-state index is -0.268. The van der Waals surface area contributed by atoms with Gasteiger partial charge in [-0.1, -0.05) is 36.4 Å². The van der Waals surface area contributed by atoms with Gasteiger partial charge in [0.1, 0.15) is 0 Å². The number of amides is 1. The van der Waals surface area contributed by atoms with Gasteiger partial charge in [-0.2, -0.15) is 5.10 Å². The number of para-hydroxylation sites is 1. The van der Waals surface area contributed by atoms with E-state index in [0.717, 1.165) is 32.7 Å². The molecule has 0 aliphatic rings. The van der Waals surface area contributed by atoms with Gasteiger partial charge in [-0.3, -0.25) is 4.79 Å². The van der Waals surface area contributed by atoms with E-state index in [1.54, 1.807) is 23.9 Å². The van der Waals surface area contributed by atoms with E-state index in [9.17, 15) is 4.79 Å². The second kappa shape index (κ2) is 8.56. The van der Waals surface area contributed by atoms with Gasteiger partial charge in [0.25, 0.3) is 5.91 Å². The second-order valence-electron chi connectivity index (χ2n) is 7.20. The van der Waals surface area contributed by atoms with Crippen LogP contribution in [0.4, 0.5) is 0 Å². The van der Waals surface area contributed by atoms with Crippen LogP contribution in [0.3, 0.4) is 0 Å². The van der Waals surface area contributed by atoms with Gasteiger partial charge in [-0.15, -0.1) is 11.3 Å². The number of hydrogen-bond donors (Lipinski definition) is 1. The highest BCUT2D eigenvalue weighted by Gasteiger charge is 2.14. The van der Waals surface area contributed by atoms with Crippen molar-refractivity contribution in [2.75, 3.05) is 0 Å². The van der Waals surface area contributed by atoms with Crippen LogP contribution in [0.1, 0.15) is 22.8 Å². The monoisotopic (exact) mass is 437 g/mol. The van der Waals surface area contributed by atoms with E-state index in [2.05, 4.69) is 15.5 Å². The quantitative estimate of drug-likeness (QED) is 0.299. The predicted octanol–water partition coefficient (Wildman–Crippen LogP) is 5.30. The molecule has 0 aliphatic heterocycles. The Bertz CT molecular complexity index is 1410. The summed E-state index contributed by atoms with van der Waals surface area (Å²) in [6.07, 6.45) is 5.38. The van der Waals surface area contributed by atoms with Crippen LogP contribution < -0.4 is 5.43 Å². The number of pyridine rings is 1. The van der Waals surface area contributed by atoms with Crippen LogP contribution in [0.5, 0.6) is 0 Å². The number of aromatic nitrogens is 3. The molecule has 0 unspecified atom stereocenters. The minimum absolute atomic E-state index is 0.268. The third kappa shape index (κ3) is 3.93. The molecule has 156 valence electrons. The van der Waals surface area contributed by atoms with Crippen LogP contribution >= 0.6 is 11.3 Å². The van der Waals surface area contributed by atoms with Crippen molar-refractivity contribution >= 4 is 33.9 Å². The van der Waals surface area contributed by atoms with Gasteiger partial charge in [0.15, 0.2) is 0 Å². The molecule has 5 rings (SSSR count). The van der Waals surface area contributed by atoms with Crippen molar-refractivity contribution in [3.8, 4) is 16.3 Å². The first kappa shape index (κ1) is 19.8. The zero-order valence-corrected chi connectivity index (χ0v) is 18.1. The van der Waals surface area contributed by atoms with Gasteiger partial charge in [0.05, 0.1) is 33.7 Å². The van der Waals surface area contributed by atoms with Crippen molar-refractivity contribution in [3.63, 3.8) is 0 Å². The Labute approximate surface area is 188 Å². The first-order chi connectivity index (χ1) is 15.7. The molecular weight excluding hydrogens is 418 g/mol. The summed E-state index contributed by atoms with van der Waals surface area (Å²) in [5.41, 5.74) is 7.46. The number of hydrogen-bond acceptors (Lipinski definition) is 5. The normalized spacial score (nSPS) is 11.6. The standard InChI is InChI=1S/C25H19N5OS/c1-17(18-8-10-19(11-9-18)30-13-12-26-16-30)28-29-25(31)21-15-23(24-7-4-14-32-24)27-22-6-3-2-5-20(21)22/h2-16H,1H3,(H,29,31). The first-order valence-corrected chi connectivity index (χ1v) is 10.9. The van der Waals surface area contributed by atoms with Crippen molar-refractivity contribution < 1.29 is 4.79 Å². The number of thiophene rings is 1. The summed E-state index contributed by atoms with van der Waals surface area (Å²) in [4.78, 5) is 22.9. The van der Waals surface area contributed by atoms with Crippen molar-refractivity contribution in [2.24, 2.45) is 5.10 Å². The fourth-order valence-electron chi connectivity index (χ4n) is 3.46. The predicted molar refractivity (Wildman–Crippen MR) is 128 cm³/mol. The lowest BCUT2D eigenvalue weighted by molar-refractivity contribution is 0.0956. The van der Waals surface area contributed by atoms with Crippen LogP contribution in [-0.2, 0) is 0 Å². The van der Waals surface area contributed by atoms with Crippen molar-refractivity contribution in [1.82, 2.24) is 20.0 Å². The summed E-state index contributed by atoms with van der Waals surface area (Å²) < 4.78 is 1.93. The molecule has 1 N–H and O–H groups in total. The fraction of sp³-hybridized carbons (Fsp3) is 0.0400. The van der Waals surface area contributed by atoms with Gasteiger partial charge in [0.2, 0.25) is 0 Å². The number of rotatable bonds is 5. The highest BCUT2D eigenvalue weighted by Crippen LogP contribution is 2.27. The molecule has 32 heavy (non-hydrogen) atoms. The molecule has 3 aromatic heterocycles. The molecule has 0 aliphatic carbocycles. The lowest BCUT2D eigenvalue weighted by atomic mass is 10.1. The zero-order chi connectivity index (χ0) is 21.9. The van der Waals surface area contributed by atoms with Gasteiger partial charge >= 0.3 is 0 Å². The smallest absolute Gasteiger partial charge is 0.272 e. The van der Waals surface area contributed by atoms with Gasteiger partial charge in [-0.05, 0) is 48.2 Å². The molecule has 0 bridgehead atoms. The molecular formula is C25H19N5OS. The summed E-state index contributed by atoms with van der Waals surface area (Å²) in [6, 6.07) is 21.4. The van der Waals surface area contributed by atoms with E-state index < -0.39 is 0 Å². The van der Waals surface area contributed by atoms with Crippen LogP contribution in [-0.4, -0.2) is 26.2 Å². The molecule has 0 spiro atoms. The largest absolute Gasteiger partial charge is 0.306 e. The minimum Gasteiger partial charge on any atom is -0.306 e. The molecule has 2 aromatic carbocycles. The number of nitrogens with one attached hydrogen (secondary N) is 1. The van der Waals surface area contributed by atoms with E-state index in [1.807, 2.05) is 89.8 Å². The number of hydrazone groups is 1. The summed E-state index contributed by atoms with van der Waals surface area (Å²) >= 11 is 1.59. The lowest BCUT2D eigenvalue weighted by Gasteiger charge is -2.09. The van der Waals surface area contributed by atoms with E-state index in [-0.39, 0.29) is 5.91 Å². The molecule has 0 atom stereocenters. The maximum atomic E-state index is 13.1. The van der Waals surface area contributed by atoms with Gasteiger partial charge in [-0.25, -0.2) is 15.4 Å². The maximum Gasteiger partial charge on any atom is 0.272 e. The third-order valence-corrected chi connectivity index (χ3v) is 6.04. The number of benzene rings is 2. The third-order valence-electron chi connectivity index (χ3n) is 5.15. The van der Waals surface area contributed by atoms with Crippen molar-refractivity contribution in [3.05, 3.63) is 102 Å². The molecule has 5 aromatic rings. The average molecular weight is 438 g/mol. The van der Waals surface area contributed by atoms with Gasteiger partial charge in [0, 0.05) is 23.5 Å². The topological polar surface area (TPSA) is 72.2 Å². The second-order valence-corrected chi connectivity index (χ2v) is 8.15. The molecule has 1 amide bonds. The summed E-state index contributed by atoms with van der Waals surface area (Å²) in [7, 11) is 0. The zero-order valence-electron chi connectivity index (χ0n) is 17.3. The molecule has 6 nitrogen and oxygen atoms in total. The van der Waals surface area contributed by atoms with E-state index >= 15 is 0 Å². The molecule has 0 saturated carbocycles. The Kier molecular flexibility index (Phi) is 5.31. The number of fused-ring (bicyclic) bond motifs is 1. The first-order valence-electron chi connectivity index (χ1n) is 10.1. The van der Waals surface area contributed by atoms with Crippen LogP contribution in [0.25, 0.3) is 27.2 Å². The maximum absolute atomic E-state index is 13.1. The van der Waals surface area contributed by atoms with E-state index in [1.165, 1.54) is 0 Å². The summed E-state index contributed by atoms with van der Waals surface area (Å²) in [5, 5.41) is 7.13. The van der Waals surface area contributed by atoms with Gasteiger partial charge < -0.3 is 4.57 Å². The Balaban J connectivity index is 1.41. The highest BCUT2D eigenvalue weighted by atomic mass is 32.1. The Morgan fingerprint density at radius 1 is 1.06 bits per heavy atom. The van der Waals surface area contributed by atoms with E-state index in [0.29, 0.717) is 11.3 Å². The Morgan fingerprint density at radius 3 is 2.66 bits per heavy atom. The fourth-order valence-corrected chi connectivity index (χ4v) is 4.15. The number of imidazole rings is 1. The van der Waals surface area contributed by atoms with Crippen LogP contribution in [0.2, 0.25) is 0 Å². The van der Waals surface area contributed by atoms with Crippen molar-refractivity contribution in [2.45, 2.75) is 6.92 Å². The Morgan fingerprint density at radius 2 is 1.91 bits per heavy atom. The number of carbonyl (C=O) groups is 1.